The van der Waals surface area contributed by atoms with Crippen molar-refractivity contribution in [2.24, 2.45) is 0 Å². The highest BCUT2D eigenvalue weighted by Gasteiger charge is 2.05. The normalized spacial score (nSPS) is 11.1. The molecule has 0 radical (unpaired) electrons. The Bertz CT molecular complexity index is 562. The fourth-order valence-corrected chi connectivity index (χ4v) is 1.79. The van der Waals surface area contributed by atoms with Crippen molar-refractivity contribution in [3.63, 3.8) is 0 Å². The average Bonchev–Trinajstić information content (AvgIpc) is 2.47. The van der Waals surface area contributed by atoms with Crippen molar-refractivity contribution in [3.8, 4) is 0 Å². The van der Waals surface area contributed by atoms with Crippen LogP contribution in [0.15, 0.2) is 72.0 Å². The molecular formula is C16H13ClO2. The summed E-state index contributed by atoms with van der Waals surface area (Å²) < 4.78 is 5.03. The molecule has 0 unspecified atom stereocenters. The van der Waals surface area contributed by atoms with Crippen molar-refractivity contribution >= 4 is 17.6 Å². The molecule has 0 fully saturated rings. The molecule has 2 aromatic carbocycles. The number of allylic oxidation sites excluding steroid dienone is 1. The minimum absolute atomic E-state index is 0.410. The first-order valence-corrected chi connectivity index (χ1v) is 6.28. The van der Waals surface area contributed by atoms with E-state index in [0.717, 1.165) is 5.56 Å². The van der Waals surface area contributed by atoms with Gasteiger partial charge in [-0.25, -0.2) is 4.79 Å². The first kappa shape index (κ1) is 13.4. The average molecular weight is 273 g/mol. The lowest BCUT2D eigenvalue weighted by Gasteiger charge is -2.01. The molecule has 3 heteroatoms. The molecular weight excluding hydrogens is 260 g/mol. The molecule has 0 saturated carbocycles. The van der Waals surface area contributed by atoms with E-state index in [1.54, 1.807) is 24.3 Å². The van der Waals surface area contributed by atoms with Crippen molar-refractivity contribution in [3.05, 3.63) is 83.1 Å². The van der Waals surface area contributed by atoms with E-state index in [2.05, 4.69) is 0 Å². The van der Waals surface area contributed by atoms with Crippen LogP contribution in [0.3, 0.4) is 0 Å². The maximum absolute atomic E-state index is 11.7. The second-order valence-corrected chi connectivity index (χ2v) is 4.48. The van der Waals surface area contributed by atoms with Gasteiger partial charge in [0.2, 0.25) is 0 Å². The van der Waals surface area contributed by atoms with Crippen LogP contribution in [-0.4, -0.2) is 5.97 Å². The molecule has 2 rings (SSSR count). The summed E-state index contributed by atoms with van der Waals surface area (Å²) in [7, 11) is 0. The minimum Gasteiger partial charge on any atom is -0.430 e. The summed E-state index contributed by atoms with van der Waals surface area (Å²) in [6.07, 6.45) is 1.84. The van der Waals surface area contributed by atoms with Gasteiger partial charge in [0.1, 0.15) is 6.26 Å². The lowest BCUT2D eigenvalue weighted by molar-refractivity contribution is 0.0661. The van der Waals surface area contributed by atoms with Crippen molar-refractivity contribution in [1.29, 1.82) is 0 Å². The van der Waals surface area contributed by atoms with E-state index in [1.165, 1.54) is 6.26 Å². The van der Waals surface area contributed by atoms with Crippen LogP contribution in [0.25, 0.3) is 0 Å². The minimum atomic E-state index is -0.410. The zero-order valence-electron chi connectivity index (χ0n) is 10.3. The van der Waals surface area contributed by atoms with Gasteiger partial charge < -0.3 is 4.74 Å². The third-order valence-electron chi connectivity index (χ3n) is 2.52. The lowest BCUT2D eigenvalue weighted by atomic mass is 10.1. The van der Waals surface area contributed by atoms with Crippen LogP contribution in [0.1, 0.15) is 15.9 Å². The molecule has 0 N–H and O–H groups in total. The highest BCUT2D eigenvalue weighted by Crippen LogP contribution is 2.12. The Morgan fingerprint density at radius 2 is 1.58 bits per heavy atom. The van der Waals surface area contributed by atoms with Crippen molar-refractivity contribution < 1.29 is 9.53 Å². The number of ether oxygens (including phenoxy) is 1. The van der Waals surface area contributed by atoms with Gasteiger partial charge in [-0.1, -0.05) is 60.1 Å². The monoisotopic (exact) mass is 272 g/mol. The van der Waals surface area contributed by atoms with E-state index in [9.17, 15) is 4.79 Å². The molecule has 0 bridgehead atoms. The molecule has 19 heavy (non-hydrogen) atoms. The number of halogens is 1. The number of esters is 1. The number of carbonyl (C=O) groups is 1. The molecule has 0 aliphatic heterocycles. The smallest absolute Gasteiger partial charge is 0.342 e. The van der Waals surface area contributed by atoms with Gasteiger partial charge in [-0.05, 0) is 17.7 Å². The third-order valence-corrected chi connectivity index (χ3v) is 2.74. The predicted octanol–water partition coefficient (Wildman–Crippen LogP) is 4.17. The maximum atomic E-state index is 11.7. The summed E-state index contributed by atoms with van der Waals surface area (Å²) in [5.41, 5.74) is 1.57. The predicted molar refractivity (Wildman–Crippen MR) is 75.9 cm³/mol. The maximum Gasteiger partial charge on any atom is 0.342 e. The molecule has 0 aromatic heterocycles. The summed E-state index contributed by atoms with van der Waals surface area (Å²) in [6, 6.07) is 18.6. The Kier molecular flexibility index (Phi) is 4.76. The molecule has 2 aromatic rings. The van der Waals surface area contributed by atoms with Gasteiger partial charge in [-0.2, -0.15) is 0 Å². The second-order valence-electron chi connectivity index (χ2n) is 4.00. The van der Waals surface area contributed by atoms with Crippen LogP contribution < -0.4 is 0 Å². The van der Waals surface area contributed by atoms with E-state index < -0.39 is 5.97 Å². The van der Waals surface area contributed by atoms with E-state index in [1.807, 2.05) is 36.4 Å². The van der Waals surface area contributed by atoms with Gasteiger partial charge in [0.15, 0.2) is 0 Å². The highest BCUT2D eigenvalue weighted by molar-refractivity contribution is 6.29. The van der Waals surface area contributed by atoms with Gasteiger partial charge in [-0.3, -0.25) is 0 Å². The Balaban J connectivity index is 1.93. The number of hydrogen-bond donors (Lipinski definition) is 0. The number of rotatable bonds is 4. The molecule has 0 heterocycles. The Labute approximate surface area is 117 Å². The number of benzene rings is 2. The third kappa shape index (κ3) is 4.27. The number of hydrogen-bond acceptors (Lipinski definition) is 2. The molecule has 2 nitrogen and oxygen atoms in total. The molecule has 96 valence electrons. The second kappa shape index (κ2) is 6.76. The lowest BCUT2D eigenvalue weighted by Crippen LogP contribution is -2.00. The van der Waals surface area contributed by atoms with Crippen LogP contribution in [0.2, 0.25) is 0 Å². The van der Waals surface area contributed by atoms with E-state index >= 15 is 0 Å². The van der Waals surface area contributed by atoms with Gasteiger partial charge in [-0.15, -0.1) is 0 Å². The van der Waals surface area contributed by atoms with E-state index in [-0.39, 0.29) is 0 Å². The first-order chi connectivity index (χ1) is 9.25. The molecule has 0 amide bonds. The zero-order chi connectivity index (χ0) is 13.5. The molecule has 0 aliphatic carbocycles. The topological polar surface area (TPSA) is 26.3 Å². The fourth-order valence-electron chi connectivity index (χ4n) is 1.59. The summed E-state index contributed by atoms with van der Waals surface area (Å²) in [6.45, 7) is 0. The van der Waals surface area contributed by atoms with Crippen molar-refractivity contribution in [2.45, 2.75) is 6.42 Å². The SMILES string of the molecule is O=C(OC=C(Cl)Cc1ccccc1)c1ccccc1. The Morgan fingerprint density at radius 1 is 1.00 bits per heavy atom. The van der Waals surface area contributed by atoms with Crippen LogP contribution in [0.4, 0.5) is 0 Å². The van der Waals surface area contributed by atoms with Gasteiger partial charge in [0, 0.05) is 6.42 Å². The Morgan fingerprint density at radius 3 is 2.21 bits per heavy atom. The molecule has 0 spiro atoms. The quantitative estimate of drug-likeness (QED) is 0.617. The summed E-state index contributed by atoms with van der Waals surface area (Å²) in [5, 5.41) is 0.482. The highest BCUT2D eigenvalue weighted by atomic mass is 35.5. The van der Waals surface area contributed by atoms with Crippen molar-refractivity contribution in [1.82, 2.24) is 0 Å². The summed E-state index contributed by atoms with van der Waals surface area (Å²) in [4.78, 5) is 11.7. The van der Waals surface area contributed by atoms with Crippen LogP contribution in [0, 0.1) is 0 Å². The van der Waals surface area contributed by atoms with Gasteiger partial charge in [0.05, 0.1) is 10.6 Å². The largest absolute Gasteiger partial charge is 0.430 e. The van der Waals surface area contributed by atoms with Gasteiger partial charge >= 0.3 is 5.97 Å². The molecule has 0 atom stereocenters. The van der Waals surface area contributed by atoms with Gasteiger partial charge in [0.25, 0.3) is 0 Å². The summed E-state index contributed by atoms with van der Waals surface area (Å²) >= 11 is 6.03. The Hall–Kier alpha value is -2.06. The summed E-state index contributed by atoms with van der Waals surface area (Å²) in [5.74, 6) is -0.410. The van der Waals surface area contributed by atoms with E-state index in [0.29, 0.717) is 17.0 Å². The zero-order valence-corrected chi connectivity index (χ0v) is 11.0. The standard InChI is InChI=1S/C16H13ClO2/c17-15(11-13-7-3-1-4-8-13)12-19-16(18)14-9-5-2-6-10-14/h1-10,12H,11H2. The number of carbonyl (C=O) groups excluding carboxylic acids is 1. The van der Waals surface area contributed by atoms with E-state index in [4.69, 9.17) is 16.3 Å². The van der Waals surface area contributed by atoms with Crippen LogP contribution in [-0.2, 0) is 11.2 Å². The molecule has 0 saturated heterocycles. The van der Waals surface area contributed by atoms with Crippen LogP contribution >= 0.6 is 11.6 Å². The van der Waals surface area contributed by atoms with Crippen LogP contribution in [0.5, 0.6) is 0 Å². The first-order valence-electron chi connectivity index (χ1n) is 5.90. The van der Waals surface area contributed by atoms with Crippen molar-refractivity contribution in [2.75, 3.05) is 0 Å². The molecule has 0 aliphatic rings. The fraction of sp³-hybridized carbons (Fsp3) is 0.0625.